The maximum atomic E-state index is 13.7. The van der Waals surface area contributed by atoms with Gasteiger partial charge in [-0.1, -0.05) is 55.0 Å². The van der Waals surface area contributed by atoms with Gasteiger partial charge in [-0.25, -0.2) is 0 Å². The summed E-state index contributed by atoms with van der Waals surface area (Å²) in [7, 11) is 0. The molecule has 5 rings (SSSR count). The second kappa shape index (κ2) is 12.2. The number of rotatable bonds is 8. The van der Waals surface area contributed by atoms with E-state index >= 15 is 0 Å². The number of hydrogen-bond acceptors (Lipinski definition) is 5. The van der Waals surface area contributed by atoms with Crippen molar-refractivity contribution in [3.05, 3.63) is 107 Å². The number of hydrogen-bond donors (Lipinski definition) is 1. The van der Waals surface area contributed by atoms with Crippen molar-refractivity contribution in [3.8, 4) is 0 Å². The predicted octanol–water partition coefficient (Wildman–Crippen LogP) is 5.12. The molecular formula is C32H36N4O2. The number of carbonyl (C=O) groups excluding carboxylic acids is 2. The van der Waals surface area contributed by atoms with Crippen LogP contribution in [0.25, 0.3) is 0 Å². The zero-order valence-corrected chi connectivity index (χ0v) is 22.1. The summed E-state index contributed by atoms with van der Waals surface area (Å²) in [6.45, 7) is 6.34. The number of carbonyl (C=O) groups is 2. The number of allylic oxidation sites excluding steroid dienone is 2. The van der Waals surface area contributed by atoms with Crippen LogP contribution in [0, 0.1) is 0 Å². The number of nitrogens with zero attached hydrogens (tertiary/aromatic N) is 3. The van der Waals surface area contributed by atoms with Crippen molar-refractivity contribution in [2.45, 2.75) is 45.1 Å². The van der Waals surface area contributed by atoms with Crippen LogP contribution in [0.1, 0.15) is 59.3 Å². The zero-order chi connectivity index (χ0) is 26.3. The van der Waals surface area contributed by atoms with Gasteiger partial charge in [0.25, 0.3) is 5.91 Å². The molecule has 2 aliphatic heterocycles. The van der Waals surface area contributed by atoms with Crippen LogP contribution in [0.3, 0.4) is 0 Å². The van der Waals surface area contributed by atoms with Gasteiger partial charge in [0.05, 0.1) is 23.0 Å². The lowest BCUT2D eigenvalue weighted by molar-refractivity contribution is -0.117. The van der Waals surface area contributed by atoms with Gasteiger partial charge in [-0.05, 0) is 74.7 Å². The Labute approximate surface area is 225 Å². The average Bonchev–Trinajstić information content (AvgIpc) is 2.96. The van der Waals surface area contributed by atoms with Gasteiger partial charge >= 0.3 is 0 Å². The van der Waals surface area contributed by atoms with E-state index in [1.807, 2.05) is 67.6 Å². The van der Waals surface area contributed by atoms with E-state index < -0.39 is 0 Å². The molecule has 1 unspecified atom stereocenters. The van der Waals surface area contributed by atoms with Crippen molar-refractivity contribution >= 4 is 17.4 Å². The number of fused-ring (bicyclic) bond motifs is 1. The Morgan fingerprint density at radius 1 is 0.974 bits per heavy atom. The Kier molecular flexibility index (Phi) is 8.29. The first-order chi connectivity index (χ1) is 18.6. The number of piperidine rings is 1. The number of nitrogens with one attached hydrogen (secondary N) is 1. The van der Waals surface area contributed by atoms with Crippen LogP contribution in [-0.2, 0) is 17.8 Å². The fourth-order valence-electron chi connectivity index (χ4n) is 5.54. The second-order valence-corrected chi connectivity index (χ2v) is 10.1. The molecule has 1 atom stereocenters. The summed E-state index contributed by atoms with van der Waals surface area (Å²) < 4.78 is 0. The van der Waals surface area contributed by atoms with Crippen LogP contribution in [0.15, 0.2) is 84.7 Å². The molecule has 1 saturated heterocycles. The van der Waals surface area contributed by atoms with E-state index in [2.05, 4.69) is 32.2 Å². The Morgan fingerprint density at radius 2 is 1.74 bits per heavy atom. The monoisotopic (exact) mass is 508 g/mol. The van der Waals surface area contributed by atoms with E-state index in [9.17, 15) is 9.59 Å². The Hall–Kier alpha value is -3.77. The normalized spacial score (nSPS) is 18.9. The predicted molar refractivity (Wildman–Crippen MR) is 151 cm³/mol. The summed E-state index contributed by atoms with van der Waals surface area (Å²) in [5.74, 6) is -0.343. The average molecular weight is 509 g/mol. The number of pyridine rings is 1. The van der Waals surface area contributed by atoms with E-state index in [0.717, 1.165) is 42.1 Å². The minimum absolute atomic E-state index is 0.0536. The highest BCUT2D eigenvalue weighted by Gasteiger charge is 2.36. The van der Waals surface area contributed by atoms with E-state index in [1.54, 1.807) is 6.20 Å². The van der Waals surface area contributed by atoms with Crippen molar-refractivity contribution in [2.75, 3.05) is 31.1 Å². The first-order valence-electron chi connectivity index (χ1n) is 13.7. The van der Waals surface area contributed by atoms with Crippen molar-refractivity contribution in [1.82, 2.24) is 15.2 Å². The minimum atomic E-state index is -0.367. The molecule has 1 aromatic heterocycles. The maximum Gasteiger partial charge on any atom is 0.251 e. The number of amides is 1. The van der Waals surface area contributed by atoms with Gasteiger partial charge in [0, 0.05) is 31.4 Å². The van der Waals surface area contributed by atoms with E-state index in [-0.39, 0.29) is 17.6 Å². The summed E-state index contributed by atoms with van der Waals surface area (Å²) in [6.07, 6.45) is 8.02. The Bertz CT molecular complexity index is 1280. The molecule has 6 nitrogen and oxygen atoms in total. The molecule has 6 heteroatoms. The van der Waals surface area contributed by atoms with Crippen molar-refractivity contribution in [3.63, 3.8) is 0 Å². The first kappa shape index (κ1) is 25.9. The molecule has 3 heterocycles. The summed E-state index contributed by atoms with van der Waals surface area (Å²) in [4.78, 5) is 35.6. The number of Topliss-reactive ketones (excluding diaryl/α,β-unsaturated/α-hetero) is 1. The lowest BCUT2D eigenvalue weighted by Crippen LogP contribution is -2.37. The Morgan fingerprint density at radius 3 is 2.47 bits per heavy atom. The molecule has 1 fully saturated rings. The third kappa shape index (κ3) is 5.86. The quantitative estimate of drug-likeness (QED) is 0.428. The third-order valence-corrected chi connectivity index (χ3v) is 7.57. The summed E-state index contributed by atoms with van der Waals surface area (Å²) in [6, 6.07) is 21.8. The van der Waals surface area contributed by atoms with Crippen molar-refractivity contribution in [2.24, 2.45) is 0 Å². The van der Waals surface area contributed by atoms with Crippen LogP contribution in [-0.4, -0.2) is 47.8 Å². The fourth-order valence-corrected chi connectivity index (χ4v) is 5.54. The van der Waals surface area contributed by atoms with Crippen molar-refractivity contribution in [1.29, 1.82) is 0 Å². The molecule has 0 spiro atoms. The van der Waals surface area contributed by atoms with Crippen molar-refractivity contribution < 1.29 is 9.59 Å². The number of likely N-dealkylation sites (tertiary alicyclic amines) is 1. The zero-order valence-electron chi connectivity index (χ0n) is 22.1. The highest BCUT2D eigenvalue weighted by molar-refractivity contribution is 6.06. The largest absolute Gasteiger partial charge is 0.351 e. The molecule has 0 radical (unpaired) electrons. The molecule has 0 saturated carbocycles. The number of aromatic nitrogens is 1. The van der Waals surface area contributed by atoms with Crippen LogP contribution >= 0.6 is 0 Å². The van der Waals surface area contributed by atoms with Gasteiger partial charge in [-0.15, -0.1) is 0 Å². The lowest BCUT2D eigenvalue weighted by Gasteiger charge is -2.36. The molecule has 3 aromatic rings. The number of ketones is 1. The topological polar surface area (TPSA) is 65.5 Å². The van der Waals surface area contributed by atoms with Crippen LogP contribution in [0.5, 0.6) is 0 Å². The number of benzene rings is 2. The van der Waals surface area contributed by atoms with Crippen LogP contribution in [0.4, 0.5) is 5.69 Å². The molecule has 1 amide bonds. The molecule has 2 aliphatic rings. The first-order valence-corrected chi connectivity index (χ1v) is 13.7. The summed E-state index contributed by atoms with van der Waals surface area (Å²) >= 11 is 0. The molecule has 2 aromatic carbocycles. The Balaban J connectivity index is 1.28. The second-order valence-electron chi connectivity index (χ2n) is 10.1. The smallest absolute Gasteiger partial charge is 0.251 e. The molecule has 196 valence electrons. The van der Waals surface area contributed by atoms with E-state index in [4.69, 9.17) is 0 Å². The molecule has 1 N–H and O–H groups in total. The standard InChI is InChI=1S/C32H36N4O2/c1-2-28-31(37)27(30-29(12-9-17-33-30)36(28)23-25-10-5-3-6-11-25)22-24-13-15-26(16-14-24)32(38)34-18-21-35-19-7-4-8-20-35/h2-3,5-6,9-17,27H,4,7-8,18-23H2,1H3,(H,34,38)/b28-2+. The number of anilines is 1. The molecule has 38 heavy (non-hydrogen) atoms. The van der Waals surface area contributed by atoms with Gasteiger partial charge in [0.1, 0.15) is 0 Å². The van der Waals surface area contributed by atoms with E-state index in [1.165, 1.54) is 19.3 Å². The van der Waals surface area contributed by atoms with Gasteiger partial charge in [0.2, 0.25) is 0 Å². The van der Waals surface area contributed by atoms with Crippen LogP contribution in [0.2, 0.25) is 0 Å². The lowest BCUT2D eigenvalue weighted by atomic mass is 9.85. The molecular weight excluding hydrogens is 472 g/mol. The van der Waals surface area contributed by atoms with E-state index in [0.29, 0.717) is 30.8 Å². The highest BCUT2D eigenvalue weighted by atomic mass is 16.1. The van der Waals surface area contributed by atoms with Crippen LogP contribution < -0.4 is 10.2 Å². The fraction of sp³-hybridized carbons (Fsp3) is 0.344. The van der Waals surface area contributed by atoms with Gasteiger partial charge in [-0.3, -0.25) is 14.6 Å². The molecule has 0 bridgehead atoms. The highest BCUT2D eigenvalue weighted by Crippen LogP contribution is 2.39. The van der Waals surface area contributed by atoms with Gasteiger partial charge < -0.3 is 15.1 Å². The SMILES string of the molecule is C/C=C1\C(=O)C(Cc2ccc(C(=O)NCCN3CCCCC3)cc2)c2ncccc2N1Cc1ccccc1. The maximum absolute atomic E-state index is 13.7. The van der Waals surface area contributed by atoms with Gasteiger partial charge in [-0.2, -0.15) is 0 Å². The summed E-state index contributed by atoms with van der Waals surface area (Å²) in [5, 5.41) is 3.05. The molecule has 0 aliphatic carbocycles. The third-order valence-electron chi connectivity index (χ3n) is 7.57. The summed E-state index contributed by atoms with van der Waals surface area (Å²) in [5.41, 5.74) is 5.26. The minimum Gasteiger partial charge on any atom is -0.351 e. The van der Waals surface area contributed by atoms with Gasteiger partial charge in [0.15, 0.2) is 5.78 Å².